The van der Waals surface area contributed by atoms with Crippen LogP contribution in [-0.4, -0.2) is 34.2 Å². The Balaban J connectivity index is 1.97. The van der Waals surface area contributed by atoms with Crippen molar-refractivity contribution in [1.82, 2.24) is 14.8 Å². The molecular weight excluding hydrogens is 368 g/mol. The SMILES string of the molecule is COC[C@@H]1N=C(c2ccc(C(C)C)cc2)c2c(sc(C)c2C)-n2c(C)nnc21. The molecule has 146 valence electrons. The molecule has 1 aliphatic rings. The number of aliphatic imine (C=N–C) groups is 1. The van der Waals surface area contributed by atoms with Gasteiger partial charge in [-0.2, -0.15) is 0 Å². The third-order valence-corrected chi connectivity index (χ3v) is 6.61. The molecule has 6 heteroatoms. The highest BCUT2D eigenvalue weighted by Gasteiger charge is 2.31. The quantitative estimate of drug-likeness (QED) is 0.631. The molecule has 0 saturated carbocycles. The molecule has 0 bridgehead atoms. The topological polar surface area (TPSA) is 52.3 Å². The van der Waals surface area contributed by atoms with Crippen molar-refractivity contribution in [2.24, 2.45) is 4.99 Å². The van der Waals surface area contributed by atoms with Gasteiger partial charge in [0.05, 0.1) is 12.3 Å². The van der Waals surface area contributed by atoms with Gasteiger partial charge < -0.3 is 4.74 Å². The van der Waals surface area contributed by atoms with Gasteiger partial charge in [-0.05, 0) is 37.8 Å². The number of benzene rings is 1. The summed E-state index contributed by atoms with van der Waals surface area (Å²) in [6.45, 7) is 11.2. The first-order valence-corrected chi connectivity index (χ1v) is 10.4. The largest absolute Gasteiger partial charge is 0.382 e. The molecule has 1 aromatic carbocycles. The third-order valence-electron chi connectivity index (χ3n) is 5.41. The number of ether oxygens (including phenoxy) is 1. The molecule has 1 atom stereocenters. The summed E-state index contributed by atoms with van der Waals surface area (Å²) in [6.07, 6.45) is 0. The fraction of sp³-hybridized carbons (Fsp3) is 0.409. The number of hydrogen-bond donors (Lipinski definition) is 0. The molecule has 0 fully saturated rings. The minimum absolute atomic E-state index is 0.190. The summed E-state index contributed by atoms with van der Waals surface area (Å²) in [6, 6.07) is 8.60. The van der Waals surface area contributed by atoms with Gasteiger partial charge in [0, 0.05) is 23.1 Å². The second-order valence-corrected chi connectivity index (χ2v) is 8.83. The lowest BCUT2D eigenvalue weighted by molar-refractivity contribution is 0.178. The molecular formula is C22H26N4OS. The number of hydrogen-bond acceptors (Lipinski definition) is 5. The second-order valence-electron chi connectivity index (χ2n) is 7.63. The molecule has 3 aromatic rings. The maximum Gasteiger partial charge on any atom is 0.165 e. The number of nitrogens with zero attached hydrogens (tertiary/aromatic N) is 4. The first-order chi connectivity index (χ1) is 13.4. The van der Waals surface area contributed by atoms with Crippen molar-refractivity contribution in [3.05, 3.63) is 63.0 Å². The van der Waals surface area contributed by atoms with Crippen molar-refractivity contribution in [3.63, 3.8) is 0 Å². The Kier molecular flexibility index (Phi) is 4.93. The molecule has 5 nitrogen and oxygen atoms in total. The lowest BCUT2D eigenvalue weighted by atomic mass is 9.96. The summed E-state index contributed by atoms with van der Waals surface area (Å²) < 4.78 is 7.64. The number of rotatable bonds is 4. The van der Waals surface area contributed by atoms with E-state index in [-0.39, 0.29) is 6.04 Å². The van der Waals surface area contributed by atoms with Crippen LogP contribution in [0.4, 0.5) is 0 Å². The van der Waals surface area contributed by atoms with E-state index in [0.29, 0.717) is 12.5 Å². The van der Waals surface area contributed by atoms with Gasteiger partial charge in [-0.3, -0.25) is 9.56 Å². The van der Waals surface area contributed by atoms with Crippen LogP contribution in [0.2, 0.25) is 0 Å². The fourth-order valence-corrected chi connectivity index (χ4v) is 4.90. The molecule has 3 heterocycles. The Hall–Kier alpha value is -2.31. The molecule has 0 saturated heterocycles. The van der Waals surface area contributed by atoms with Crippen molar-refractivity contribution >= 4 is 17.0 Å². The van der Waals surface area contributed by atoms with E-state index in [9.17, 15) is 0 Å². The van der Waals surface area contributed by atoms with Gasteiger partial charge in [0.25, 0.3) is 0 Å². The van der Waals surface area contributed by atoms with Gasteiger partial charge in [-0.25, -0.2) is 0 Å². The smallest absolute Gasteiger partial charge is 0.165 e. The summed E-state index contributed by atoms with van der Waals surface area (Å²) >= 11 is 1.78. The van der Waals surface area contributed by atoms with Gasteiger partial charge >= 0.3 is 0 Å². The Morgan fingerprint density at radius 3 is 2.46 bits per heavy atom. The van der Waals surface area contributed by atoms with Crippen LogP contribution in [-0.2, 0) is 4.74 Å². The highest BCUT2D eigenvalue weighted by Crippen LogP contribution is 2.38. The van der Waals surface area contributed by atoms with Crippen LogP contribution in [0.5, 0.6) is 0 Å². The van der Waals surface area contributed by atoms with Gasteiger partial charge in [-0.15, -0.1) is 21.5 Å². The summed E-state index contributed by atoms with van der Waals surface area (Å²) in [5.41, 5.74) is 5.92. The van der Waals surface area contributed by atoms with E-state index < -0.39 is 0 Å². The van der Waals surface area contributed by atoms with E-state index in [1.807, 2.05) is 6.92 Å². The maximum atomic E-state index is 5.48. The van der Waals surface area contributed by atoms with Crippen molar-refractivity contribution in [1.29, 1.82) is 0 Å². The van der Waals surface area contributed by atoms with E-state index in [0.717, 1.165) is 27.9 Å². The van der Waals surface area contributed by atoms with Gasteiger partial charge in [0.2, 0.25) is 0 Å². The first-order valence-electron chi connectivity index (χ1n) is 9.62. The van der Waals surface area contributed by atoms with E-state index >= 15 is 0 Å². The normalized spacial score (nSPS) is 16.0. The molecule has 0 radical (unpaired) electrons. The Bertz CT molecular complexity index is 1040. The zero-order chi connectivity index (χ0) is 20.0. The van der Waals surface area contributed by atoms with Crippen LogP contribution < -0.4 is 0 Å². The van der Waals surface area contributed by atoms with Gasteiger partial charge in [0.15, 0.2) is 5.82 Å². The summed E-state index contributed by atoms with van der Waals surface area (Å²) in [4.78, 5) is 6.45. The number of fused-ring (bicyclic) bond motifs is 3. The van der Waals surface area contributed by atoms with Crippen LogP contribution in [0.25, 0.3) is 5.00 Å². The Labute approximate surface area is 170 Å². The number of aryl methyl sites for hydroxylation is 2. The van der Waals surface area contributed by atoms with Crippen LogP contribution in [0, 0.1) is 20.8 Å². The zero-order valence-corrected chi connectivity index (χ0v) is 18.1. The molecule has 0 spiro atoms. The van der Waals surface area contributed by atoms with E-state index in [1.54, 1.807) is 18.4 Å². The fourth-order valence-electron chi connectivity index (χ4n) is 3.68. The molecule has 0 unspecified atom stereocenters. The summed E-state index contributed by atoms with van der Waals surface area (Å²) in [5, 5.41) is 9.94. The van der Waals surface area contributed by atoms with Crippen LogP contribution in [0.15, 0.2) is 29.3 Å². The van der Waals surface area contributed by atoms with Crippen LogP contribution in [0.3, 0.4) is 0 Å². The van der Waals surface area contributed by atoms with Gasteiger partial charge in [0.1, 0.15) is 16.9 Å². The first kappa shape index (κ1) is 19.0. The van der Waals surface area contributed by atoms with Crippen molar-refractivity contribution in [2.45, 2.75) is 46.6 Å². The van der Waals surface area contributed by atoms with E-state index in [4.69, 9.17) is 9.73 Å². The predicted molar refractivity (Wildman–Crippen MR) is 114 cm³/mol. The predicted octanol–water partition coefficient (Wildman–Crippen LogP) is 4.92. The van der Waals surface area contributed by atoms with Gasteiger partial charge in [-0.1, -0.05) is 38.1 Å². The highest BCUT2D eigenvalue weighted by atomic mass is 32.1. The van der Waals surface area contributed by atoms with Crippen molar-refractivity contribution in [3.8, 4) is 5.00 Å². The number of methoxy groups -OCH3 is 1. The van der Waals surface area contributed by atoms with Crippen LogP contribution in [0.1, 0.15) is 64.6 Å². The molecule has 1 aliphatic heterocycles. The second kappa shape index (κ2) is 7.26. The lowest BCUT2D eigenvalue weighted by Crippen LogP contribution is -2.11. The molecule has 28 heavy (non-hydrogen) atoms. The van der Waals surface area contributed by atoms with Crippen molar-refractivity contribution < 1.29 is 4.74 Å². The number of aromatic nitrogens is 3. The third kappa shape index (κ3) is 3.01. The maximum absolute atomic E-state index is 5.48. The van der Waals surface area contributed by atoms with E-state index in [1.165, 1.54) is 21.6 Å². The average Bonchev–Trinajstić information content (AvgIpc) is 3.14. The standard InChI is InChI=1S/C22H26N4OS/c1-12(2)16-7-9-17(10-8-16)20-19-13(3)14(4)28-22(19)26-15(5)24-25-21(26)18(23-20)11-27-6/h7-10,12,18H,11H2,1-6H3/t18-/m0/s1. The summed E-state index contributed by atoms with van der Waals surface area (Å²) in [5.74, 6) is 2.23. The summed E-state index contributed by atoms with van der Waals surface area (Å²) in [7, 11) is 1.70. The zero-order valence-electron chi connectivity index (χ0n) is 17.3. The van der Waals surface area contributed by atoms with E-state index in [2.05, 4.69) is 66.7 Å². The Morgan fingerprint density at radius 1 is 1.11 bits per heavy atom. The monoisotopic (exact) mass is 394 g/mol. The Morgan fingerprint density at radius 2 is 1.82 bits per heavy atom. The molecule has 0 aliphatic carbocycles. The highest BCUT2D eigenvalue weighted by molar-refractivity contribution is 7.15. The average molecular weight is 395 g/mol. The lowest BCUT2D eigenvalue weighted by Gasteiger charge is -2.12. The minimum atomic E-state index is -0.190. The van der Waals surface area contributed by atoms with Crippen LogP contribution >= 0.6 is 11.3 Å². The van der Waals surface area contributed by atoms with Crippen molar-refractivity contribution in [2.75, 3.05) is 13.7 Å². The number of thiophene rings is 1. The molecule has 0 amide bonds. The molecule has 2 aromatic heterocycles. The molecule has 0 N–H and O–H groups in total. The minimum Gasteiger partial charge on any atom is -0.382 e. The molecule has 4 rings (SSSR count).